The number of aromatic nitrogens is 1. The van der Waals surface area contributed by atoms with E-state index in [0.29, 0.717) is 11.8 Å². The zero-order valence-corrected chi connectivity index (χ0v) is 7.37. The molecule has 0 fully saturated rings. The van der Waals surface area contributed by atoms with Gasteiger partial charge in [-0.3, -0.25) is 0 Å². The summed E-state index contributed by atoms with van der Waals surface area (Å²) in [5.41, 5.74) is 0. The van der Waals surface area contributed by atoms with E-state index >= 15 is 0 Å². The van der Waals surface area contributed by atoms with Gasteiger partial charge in [0.15, 0.2) is 5.89 Å². The van der Waals surface area contributed by atoms with Crippen LogP contribution in [0.2, 0.25) is 0 Å². The minimum atomic E-state index is 0.647. The summed E-state index contributed by atoms with van der Waals surface area (Å²) in [5, 5.41) is 0. The smallest absolute Gasteiger partial charge is 0.194 e. The van der Waals surface area contributed by atoms with E-state index in [9.17, 15) is 0 Å². The first-order valence-corrected chi connectivity index (χ1v) is 4.08. The Morgan fingerprint density at radius 1 is 1.45 bits per heavy atom. The molecule has 0 aromatic carbocycles. The van der Waals surface area contributed by atoms with E-state index in [4.69, 9.17) is 4.42 Å². The number of nitrogens with zero attached hydrogens (tertiary/aromatic N) is 1. The van der Waals surface area contributed by atoms with Crippen molar-refractivity contribution in [1.82, 2.24) is 4.98 Å². The predicted molar refractivity (Wildman–Crippen MR) is 44.2 cm³/mol. The number of rotatable bonds is 3. The number of hydrogen-bond donors (Lipinski definition) is 0. The molecule has 1 rings (SSSR count). The van der Waals surface area contributed by atoms with Gasteiger partial charge in [-0.2, -0.15) is 0 Å². The molecule has 11 heavy (non-hydrogen) atoms. The first-order chi connectivity index (χ1) is 5.20. The summed E-state index contributed by atoms with van der Waals surface area (Å²) in [6.45, 7) is 6.65. The highest BCUT2D eigenvalue weighted by molar-refractivity contribution is 4.82. The van der Waals surface area contributed by atoms with Gasteiger partial charge in [0.05, 0.1) is 6.20 Å². The Labute approximate surface area is 67.6 Å². The van der Waals surface area contributed by atoms with Gasteiger partial charge in [0.2, 0.25) is 0 Å². The second-order valence-corrected chi connectivity index (χ2v) is 3.35. The Morgan fingerprint density at radius 3 is 2.64 bits per heavy atom. The maximum Gasteiger partial charge on any atom is 0.194 e. The van der Waals surface area contributed by atoms with E-state index in [-0.39, 0.29) is 0 Å². The molecule has 0 amide bonds. The Balaban J connectivity index is 2.43. The Hall–Kier alpha value is -0.790. The topological polar surface area (TPSA) is 26.0 Å². The van der Waals surface area contributed by atoms with Crippen molar-refractivity contribution < 1.29 is 4.42 Å². The monoisotopic (exact) mass is 153 g/mol. The molecule has 0 radical (unpaired) electrons. The quantitative estimate of drug-likeness (QED) is 0.666. The molecule has 0 aliphatic carbocycles. The molecule has 0 aliphatic rings. The van der Waals surface area contributed by atoms with Crippen LogP contribution in [-0.4, -0.2) is 4.98 Å². The van der Waals surface area contributed by atoms with E-state index in [1.807, 2.05) is 0 Å². The summed E-state index contributed by atoms with van der Waals surface area (Å²) in [6, 6.07) is 0. The highest BCUT2D eigenvalue weighted by atomic mass is 16.3. The van der Waals surface area contributed by atoms with Gasteiger partial charge in [0, 0.05) is 6.42 Å². The van der Waals surface area contributed by atoms with Gasteiger partial charge in [-0.1, -0.05) is 20.8 Å². The molecule has 0 saturated heterocycles. The fourth-order valence-corrected chi connectivity index (χ4v) is 0.865. The molecule has 1 aromatic heterocycles. The van der Waals surface area contributed by atoms with Crippen molar-refractivity contribution in [3.05, 3.63) is 18.4 Å². The van der Waals surface area contributed by atoms with Crippen molar-refractivity contribution in [2.24, 2.45) is 11.8 Å². The van der Waals surface area contributed by atoms with Crippen LogP contribution in [0.1, 0.15) is 26.7 Å². The lowest BCUT2D eigenvalue weighted by Crippen LogP contribution is -2.07. The van der Waals surface area contributed by atoms with E-state index in [1.165, 1.54) is 0 Å². The van der Waals surface area contributed by atoms with Crippen LogP contribution in [0, 0.1) is 11.8 Å². The lowest BCUT2D eigenvalue weighted by Gasteiger charge is -2.12. The summed E-state index contributed by atoms with van der Waals surface area (Å²) in [5.74, 6) is 2.20. The van der Waals surface area contributed by atoms with Gasteiger partial charge in [0.1, 0.15) is 6.26 Å². The highest BCUT2D eigenvalue weighted by Gasteiger charge is 2.09. The Kier molecular flexibility index (Phi) is 2.69. The standard InChI is InChI=1S/C9H15NO/c1-7(2)8(3)6-9-10-4-5-11-9/h4-5,7-8H,6H2,1-3H3. The van der Waals surface area contributed by atoms with E-state index in [1.54, 1.807) is 12.5 Å². The van der Waals surface area contributed by atoms with Crippen LogP contribution in [0.3, 0.4) is 0 Å². The van der Waals surface area contributed by atoms with Crippen LogP contribution in [0.15, 0.2) is 16.9 Å². The normalized spacial score (nSPS) is 13.8. The molecular weight excluding hydrogens is 138 g/mol. The Morgan fingerprint density at radius 2 is 2.18 bits per heavy atom. The molecule has 0 aliphatic heterocycles. The molecular formula is C9H15NO. The SMILES string of the molecule is CC(C)C(C)Cc1ncco1. The lowest BCUT2D eigenvalue weighted by atomic mass is 9.95. The third-order valence-electron chi connectivity index (χ3n) is 2.12. The van der Waals surface area contributed by atoms with Crippen molar-refractivity contribution in [2.75, 3.05) is 0 Å². The van der Waals surface area contributed by atoms with Crippen molar-refractivity contribution in [3.63, 3.8) is 0 Å². The Bertz CT molecular complexity index is 191. The zero-order valence-electron chi connectivity index (χ0n) is 7.37. The van der Waals surface area contributed by atoms with Gasteiger partial charge < -0.3 is 4.42 Å². The van der Waals surface area contributed by atoms with Crippen molar-refractivity contribution in [3.8, 4) is 0 Å². The number of hydrogen-bond acceptors (Lipinski definition) is 2. The summed E-state index contributed by atoms with van der Waals surface area (Å²) in [7, 11) is 0. The van der Waals surface area contributed by atoms with E-state index < -0.39 is 0 Å². The van der Waals surface area contributed by atoms with Crippen LogP contribution >= 0.6 is 0 Å². The fourth-order valence-electron chi connectivity index (χ4n) is 0.865. The van der Waals surface area contributed by atoms with Crippen LogP contribution < -0.4 is 0 Å². The summed E-state index contributed by atoms with van der Waals surface area (Å²) in [6.07, 6.45) is 4.27. The zero-order chi connectivity index (χ0) is 8.27. The summed E-state index contributed by atoms with van der Waals surface area (Å²) < 4.78 is 5.14. The summed E-state index contributed by atoms with van der Waals surface area (Å²) >= 11 is 0. The van der Waals surface area contributed by atoms with E-state index in [0.717, 1.165) is 12.3 Å². The molecule has 2 heteroatoms. The third kappa shape index (κ3) is 2.37. The average Bonchev–Trinajstić information content (AvgIpc) is 2.39. The third-order valence-corrected chi connectivity index (χ3v) is 2.12. The average molecular weight is 153 g/mol. The summed E-state index contributed by atoms with van der Waals surface area (Å²) in [4.78, 5) is 4.07. The molecule has 0 N–H and O–H groups in total. The van der Waals surface area contributed by atoms with Crippen molar-refractivity contribution in [2.45, 2.75) is 27.2 Å². The van der Waals surface area contributed by atoms with Gasteiger partial charge in [-0.25, -0.2) is 4.98 Å². The molecule has 2 nitrogen and oxygen atoms in total. The largest absolute Gasteiger partial charge is 0.449 e. The first-order valence-electron chi connectivity index (χ1n) is 4.08. The highest BCUT2D eigenvalue weighted by Crippen LogP contribution is 2.14. The molecule has 1 unspecified atom stereocenters. The maximum absolute atomic E-state index is 5.14. The second kappa shape index (κ2) is 3.56. The van der Waals surface area contributed by atoms with Crippen molar-refractivity contribution >= 4 is 0 Å². The van der Waals surface area contributed by atoms with Crippen LogP contribution in [-0.2, 0) is 6.42 Å². The molecule has 0 spiro atoms. The minimum absolute atomic E-state index is 0.647. The van der Waals surface area contributed by atoms with Gasteiger partial charge in [-0.05, 0) is 11.8 Å². The molecule has 1 atom stereocenters. The van der Waals surface area contributed by atoms with Gasteiger partial charge in [-0.15, -0.1) is 0 Å². The van der Waals surface area contributed by atoms with Gasteiger partial charge in [0.25, 0.3) is 0 Å². The number of oxazole rings is 1. The minimum Gasteiger partial charge on any atom is -0.449 e. The molecule has 0 saturated carbocycles. The first kappa shape index (κ1) is 8.31. The lowest BCUT2D eigenvalue weighted by molar-refractivity contribution is 0.370. The second-order valence-electron chi connectivity index (χ2n) is 3.35. The van der Waals surface area contributed by atoms with Gasteiger partial charge >= 0.3 is 0 Å². The van der Waals surface area contributed by atoms with Crippen molar-refractivity contribution in [1.29, 1.82) is 0 Å². The fraction of sp³-hybridized carbons (Fsp3) is 0.667. The van der Waals surface area contributed by atoms with Crippen LogP contribution in [0.5, 0.6) is 0 Å². The van der Waals surface area contributed by atoms with E-state index in [2.05, 4.69) is 25.8 Å². The molecule has 1 heterocycles. The van der Waals surface area contributed by atoms with Crippen LogP contribution in [0.4, 0.5) is 0 Å². The molecule has 62 valence electrons. The molecule has 1 aromatic rings. The predicted octanol–water partition coefficient (Wildman–Crippen LogP) is 2.51. The van der Waals surface area contributed by atoms with Crippen LogP contribution in [0.25, 0.3) is 0 Å². The molecule has 0 bridgehead atoms. The maximum atomic E-state index is 5.14.